The van der Waals surface area contributed by atoms with E-state index in [1.54, 1.807) is 24.8 Å². The highest BCUT2D eigenvalue weighted by Gasteiger charge is 2.15. The van der Waals surface area contributed by atoms with E-state index in [1.807, 2.05) is 31.2 Å². The Hall–Kier alpha value is -2.73. The van der Waals surface area contributed by atoms with Gasteiger partial charge in [0.25, 0.3) is 0 Å². The number of nitrogens with zero attached hydrogens (tertiary/aromatic N) is 3. The van der Waals surface area contributed by atoms with Crippen molar-refractivity contribution in [3.63, 3.8) is 0 Å². The van der Waals surface area contributed by atoms with Gasteiger partial charge in [-0.2, -0.15) is 0 Å². The molecule has 0 fully saturated rings. The van der Waals surface area contributed by atoms with Crippen LogP contribution < -0.4 is 9.47 Å². The fourth-order valence-electron chi connectivity index (χ4n) is 2.91. The Bertz CT molecular complexity index is 1080. The van der Waals surface area contributed by atoms with Crippen molar-refractivity contribution in [3.8, 4) is 11.6 Å². The van der Waals surface area contributed by atoms with Crippen LogP contribution in [-0.4, -0.2) is 22.1 Å². The summed E-state index contributed by atoms with van der Waals surface area (Å²) in [4.78, 5) is 14.4. The van der Waals surface area contributed by atoms with Crippen LogP contribution in [-0.2, 0) is 6.61 Å². The van der Waals surface area contributed by atoms with Crippen LogP contribution in [0.25, 0.3) is 20.4 Å². The Morgan fingerprint density at radius 3 is 2.84 bits per heavy atom. The smallest absolute Gasteiger partial charge is 0.235 e. The first kappa shape index (κ1) is 15.8. The first-order valence-corrected chi connectivity index (χ1v) is 8.74. The van der Waals surface area contributed by atoms with Crippen LogP contribution in [0.2, 0.25) is 0 Å². The average molecular weight is 351 g/mol. The van der Waals surface area contributed by atoms with Gasteiger partial charge < -0.3 is 9.47 Å². The zero-order chi connectivity index (χ0) is 17.4. The molecule has 0 spiro atoms. The molecule has 0 atom stereocenters. The molecular formula is C19H17N3O2S. The van der Waals surface area contributed by atoms with Crippen molar-refractivity contribution in [2.75, 3.05) is 7.11 Å². The molecule has 3 aromatic heterocycles. The molecular weight excluding hydrogens is 334 g/mol. The molecule has 0 radical (unpaired) electrons. The minimum Gasteiger partial charge on any atom is -0.497 e. The summed E-state index contributed by atoms with van der Waals surface area (Å²) in [5, 5.41) is 1.08. The molecule has 126 valence electrons. The number of hydrogen-bond donors (Lipinski definition) is 0. The summed E-state index contributed by atoms with van der Waals surface area (Å²) < 4.78 is 12.2. The molecule has 25 heavy (non-hydrogen) atoms. The zero-order valence-corrected chi connectivity index (χ0v) is 15.1. The number of benzene rings is 1. The van der Waals surface area contributed by atoms with Gasteiger partial charge in [-0.05, 0) is 43.2 Å². The molecule has 0 aliphatic carbocycles. The quantitative estimate of drug-likeness (QED) is 0.544. The Labute approximate surface area is 149 Å². The molecule has 4 rings (SSSR count). The van der Waals surface area contributed by atoms with E-state index in [1.165, 1.54) is 5.56 Å². The normalized spacial score (nSPS) is 11.2. The summed E-state index contributed by atoms with van der Waals surface area (Å²) in [5.74, 6) is 1.40. The van der Waals surface area contributed by atoms with Crippen molar-refractivity contribution in [1.29, 1.82) is 0 Å². The van der Waals surface area contributed by atoms with Crippen LogP contribution in [0, 0.1) is 13.8 Å². The van der Waals surface area contributed by atoms with Crippen molar-refractivity contribution < 1.29 is 9.47 Å². The van der Waals surface area contributed by atoms with E-state index in [4.69, 9.17) is 9.47 Å². The topological polar surface area (TPSA) is 57.1 Å². The molecule has 6 heteroatoms. The molecule has 1 aromatic carbocycles. The van der Waals surface area contributed by atoms with Crippen LogP contribution in [0.1, 0.15) is 16.8 Å². The van der Waals surface area contributed by atoms with E-state index < -0.39 is 0 Å². The highest BCUT2D eigenvalue weighted by atomic mass is 32.1. The van der Waals surface area contributed by atoms with Gasteiger partial charge in [-0.3, -0.25) is 0 Å². The third kappa shape index (κ3) is 2.89. The molecule has 0 unspecified atom stereocenters. The maximum atomic E-state index is 5.98. The lowest BCUT2D eigenvalue weighted by atomic mass is 10.1. The minimum absolute atomic E-state index is 0.420. The van der Waals surface area contributed by atoms with E-state index in [0.29, 0.717) is 12.5 Å². The average Bonchev–Trinajstić information content (AvgIpc) is 2.99. The number of aryl methyl sites for hydroxylation is 2. The molecule has 0 aliphatic rings. The van der Waals surface area contributed by atoms with E-state index >= 15 is 0 Å². The zero-order valence-electron chi connectivity index (χ0n) is 14.2. The first-order valence-electron chi connectivity index (χ1n) is 7.93. The number of pyridine rings is 1. The number of ether oxygens (including phenoxy) is 2. The second kappa shape index (κ2) is 6.29. The fraction of sp³-hybridized carbons (Fsp3) is 0.211. The summed E-state index contributed by atoms with van der Waals surface area (Å²) in [6, 6.07) is 9.89. The molecule has 0 bridgehead atoms. The monoisotopic (exact) mass is 351 g/mol. The van der Waals surface area contributed by atoms with Gasteiger partial charge in [-0.25, -0.2) is 15.0 Å². The molecule has 4 aromatic rings. The van der Waals surface area contributed by atoms with Gasteiger partial charge in [0.2, 0.25) is 5.88 Å². The number of fused-ring (bicyclic) bond motifs is 3. The minimum atomic E-state index is 0.420. The van der Waals surface area contributed by atoms with Crippen molar-refractivity contribution >= 4 is 31.8 Å². The number of hydrogen-bond acceptors (Lipinski definition) is 6. The summed E-state index contributed by atoms with van der Waals surface area (Å²) in [7, 11) is 1.66. The van der Waals surface area contributed by atoms with Crippen molar-refractivity contribution in [3.05, 3.63) is 53.5 Å². The van der Waals surface area contributed by atoms with Crippen LogP contribution in [0.5, 0.6) is 11.6 Å². The summed E-state index contributed by atoms with van der Waals surface area (Å²) in [5.41, 5.74) is 4.10. The van der Waals surface area contributed by atoms with Crippen LogP contribution in [0.4, 0.5) is 0 Å². The van der Waals surface area contributed by atoms with Crippen molar-refractivity contribution in [2.24, 2.45) is 0 Å². The van der Waals surface area contributed by atoms with Crippen LogP contribution >= 0.6 is 11.3 Å². The number of thiophene rings is 1. The molecule has 0 saturated carbocycles. The van der Waals surface area contributed by atoms with Crippen LogP contribution in [0.15, 0.2) is 36.7 Å². The predicted octanol–water partition coefficient (Wildman–Crippen LogP) is 4.44. The van der Waals surface area contributed by atoms with Gasteiger partial charge in [-0.1, -0.05) is 12.1 Å². The number of aromatic nitrogens is 3. The van der Waals surface area contributed by atoms with Crippen molar-refractivity contribution in [1.82, 2.24) is 15.0 Å². The highest BCUT2D eigenvalue weighted by Crippen LogP contribution is 2.37. The van der Waals surface area contributed by atoms with Crippen molar-refractivity contribution in [2.45, 2.75) is 20.5 Å². The van der Waals surface area contributed by atoms with E-state index in [9.17, 15) is 0 Å². The van der Waals surface area contributed by atoms with E-state index in [0.717, 1.165) is 37.4 Å². The summed E-state index contributed by atoms with van der Waals surface area (Å²) in [6.07, 6.45) is 1.55. The molecule has 0 saturated heterocycles. The first-order chi connectivity index (χ1) is 12.2. The van der Waals surface area contributed by atoms with Gasteiger partial charge in [0.15, 0.2) is 0 Å². The maximum absolute atomic E-state index is 5.98. The Morgan fingerprint density at radius 1 is 1.12 bits per heavy atom. The maximum Gasteiger partial charge on any atom is 0.235 e. The van der Waals surface area contributed by atoms with Gasteiger partial charge >= 0.3 is 0 Å². The second-order valence-corrected chi connectivity index (χ2v) is 6.86. The SMILES string of the molecule is COc1cccc(COc2ncnc3c2sc2nc(C)cc(C)c23)c1. The number of rotatable bonds is 4. The fourth-order valence-corrected chi connectivity index (χ4v) is 4.10. The molecule has 0 aliphatic heterocycles. The molecule has 0 N–H and O–H groups in total. The van der Waals surface area contributed by atoms with E-state index in [2.05, 4.69) is 27.9 Å². The standard InChI is InChI=1S/C19H17N3O2S/c1-11-7-12(2)22-19-15(11)16-17(25-19)18(21-10-20-16)24-9-13-5-4-6-14(8-13)23-3/h4-8,10H,9H2,1-3H3. The Balaban J connectivity index is 1.73. The lowest BCUT2D eigenvalue weighted by Gasteiger charge is -2.07. The summed E-state index contributed by atoms with van der Waals surface area (Å²) in [6.45, 7) is 4.51. The lowest BCUT2D eigenvalue weighted by molar-refractivity contribution is 0.297. The second-order valence-electron chi connectivity index (χ2n) is 5.86. The van der Waals surface area contributed by atoms with Gasteiger partial charge in [0, 0.05) is 11.1 Å². The third-order valence-electron chi connectivity index (χ3n) is 4.03. The largest absolute Gasteiger partial charge is 0.497 e. The van der Waals surface area contributed by atoms with Gasteiger partial charge in [0.05, 0.1) is 12.6 Å². The molecule has 3 heterocycles. The predicted molar refractivity (Wildman–Crippen MR) is 99.5 cm³/mol. The van der Waals surface area contributed by atoms with Gasteiger partial charge in [0.1, 0.15) is 28.2 Å². The molecule has 0 amide bonds. The lowest BCUT2D eigenvalue weighted by Crippen LogP contribution is -1.98. The Kier molecular flexibility index (Phi) is 3.97. The highest BCUT2D eigenvalue weighted by molar-refractivity contribution is 7.25. The molecule has 5 nitrogen and oxygen atoms in total. The van der Waals surface area contributed by atoms with Crippen LogP contribution in [0.3, 0.4) is 0 Å². The number of methoxy groups -OCH3 is 1. The van der Waals surface area contributed by atoms with Gasteiger partial charge in [-0.15, -0.1) is 11.3 Å². The Morgan fingerprint density at radius 2 is 2.00 bits per heavy atom. The van der Waals surface area contributed by atoms with E-state index in [-0.39, 0.29) is 0 Å². The third-order valence-corrected chi connectivity index (χ3v) is 5.09. The summed E-state index contributed by atoms with van der Waals surface area (Å²) >= 11 is 1.57.